The molecule has 1 heterocycles. The minimum Gasteiger partial charge on any atom is -0.379 e. The quantitative estimate of drug-likeness (QED) is 0.350. The predicted molar refractivity (Wildman–Crippen MR) is 110 cm³/mol. The number of nitrogens with one attached hydrogen (secondary N) is 2. The molecule has 11 nitrogen and oxygen atoms in total. The van der Waals surface area contributed by atoms with Gasteiger partial charge in [-0.1, -0.05) is 0 Å². The van der Waals surface area contributed by atoms with Crippen LogP contribution in [0.15, 0.2) is 59.8 Å². The molecule has 0 radical (unpaired) electrons. The summed E-state index contributed by atoms with van der Waals surface area (Å²) < 4.78 is 38.3. The van der Waals surface area contributed by atoms with Crippen LogP contribution in [0.5, 0.6) is 0 Å². The normalized spacial score (nSPS) is 11.2. The summed E-state index contributed by atoms with van der Waals surface area (Å²) in [7, 11) is -4.10. The lowest BCUT2D eigenvalue weighted by Crippen LogP contribution is -2.17. The van der Waals surface area contributed by atoms with Crippen molar-refractivity contribution < 1.29 is 22.5 Å². The van der Waals surface area contributed by atoms with Gasteiger partial charge in [-0.15, -0.1) is 0 Å². The number of sulfonamides is 1. The molecule has 0 unspecified atom stereocenters. The van der Waals surface area contributed by atoms with Crippen LogP contribution < -0.4 is 15.8 Å². The molecule has 0 atom stereocenters. The highest BCUT2D eigenvalue weighted by Gasteiger charge is 2.19. The standard InChI is InChI=1S/C18H17FN6O5S/c19-14-10-12(2-5-16(14)24-9-1-7-22-24)23-18(26)6-8-21-15-4-3-13(31(20,29)30)11-17(15)25(27)28/h1-5,7,9-11,21H,6,8H2,(H,23,26)(H2,20,29,30). The maximum atomic E-state index is 14.2. The fourth-order valence-electron chi connectivity index (χ4n) is 2.70. The lowest BCUT2D eigenvalue weighted by atomic mass is 10.2. The lowest BCUT2D eigenvalue weighted by molar-refractivity contribution is -0.384. The lowest BCUT2D eigenvalue weighted by Gasteiger charge is -2.10. The molecule has 31 heavy (non-hydrogen) atoms. The van der Waals surface area contributed by atoms with Crippen LogP contribution in [0.3, 0.4) is 0 Å². The van der Waals surface area contributed by atoms with Crippen LogP contribution in [0.4, 0.5) is 21.5 Å². The predicted octanol–water partition coefficient (Wildman–Crippen LogP) is 2.01. The number of nitrogens with zero attached hydrogens (tertiary/aromatic N) is 3. The first-order chi connectivity index (χ1) is 14.6. The van der Waals surface area contributed by atoms with Crippen molar-refractivity contribution in [3.8, 4) is 5.69 Å². The maximum Gasteiger partial charge on any atom is 0.293 e. The number of benzene rings is 2. The number of hydrogen-bond acceptors (Lipinski definition) is 7. The van der Waals surface area contributed by atoms with Gasteiger partial charge in [0.1, 0.15) is 11.4 Å². The van der Waals surface area contributed by atoms with Crippen LogP contribution in [-0.2, 0) is 14.8 Å². The van der Waals surface area contributed by atoms with Crippen LogP contribution in [0.2, 0.25) is 0 Å². The Hall–Kier alpha value is -3.84. The zero-order valence-electron chi connectivity index (χ0n) is 15.9. The molecular weight excluding hydrogens is 431 g/mol. The summed E-state index contributed by atoms with van der Waals surface area (Å²) in [5.41, 5.74) is -0.00941. The summed E-state index contributed by atoms with van der Waals surface area (Å²) in [6, 6.07) is 8.93. The highest BCUT2D eigenvalue weighted by atomic mass is 32.2. The van der Waals surface area contributed by atoms with E-state index >= 15 is 0 Å². The Morgan fingerprint density at radius 1 is 1.26 bits per heavy atom. The summed E-state index contributed by atoms with van der Waals surface area (Å²) in [4.78, 5) is 22.1. The molecule has 2 aromatic carbocycles. The number of nitro benzene ring substituents is 1. The molecule has 0 fully saturated rings. The summed E-state index contributed by atoms with van der Waals surface area (Å²) >= 11 is 0. The Morgan fingerprint density at radius 3 is 2.65 bits per heavy atom. The van der Waals surface area contributed by atoms with Crippen LogP contribution in [0.25, 0.3) is 5.69 Å². The molecule has 4 N–H and O–H groups in total. The summed E-state index contributed by atoms with van der Waals surface area (Å²) in [5.74, 6) is -1.03. The minimum atomic E-state index is -4.10. The van der Waals surface area contributed by atoms with E-state index in [0.29, 0.717) is 0 Å². The Kier molecular flexibility index (Phi) is 6.27. The van der Waals surface area contributed by atoms with Gasteiger partial charge in [0, 0.05) is 37.1 Å². The monoisotopic (exact) mass is 448 g/mol. The van der Waals surface area contributed by atoms with Crippen molar-refractivity contribution in [2.24, 2.45) is 5.14 Å². The second kappa shape index (κ2) is 8.89. The van der Waals surface area contributed by atoms with Gasteiger partial charge in [-0.25, -0.2) is 22.6 Å². The summed E-state index contributed by atoms with van der Waals surface area (Å²) in [5, 5.41) is 25.3. The first kappa shape index (κ1) is 21.9. The average molecular weight is 448 g/mol. The average Bonchev–Trinajstić information content (AvgIpc) is 3.21. The topological polar surface area (TPSA) is 162 Å². The smallest absolute Gasteiger partial charge is 0.293 e. The first-order valence-electron chi connectivity index (χ1n) is 8.79. The Labute approximate surface area is 175 Å². The fraction of sp³-hybridized carbons (Fsp3) is 0.111. The van der Waals surface area contributed by atoms with E-state index in [1.54, 1.807) is 12.3 Å². The number of rotatable bonds is 8. The van der Waals surface area contributed by atoms with E-state index in [4.69, 9.17) is 5.14 Å². The Morgan fingerprint density at radius 2 is 2.03 bits per heavy atom. The zero-order chi connectivity index (χ0) is 22.6. The Balaban J connectivity index is 1.61. The molecule has 3 aromatic rings. The Bertz CT molecular complexity index is 1230. The van der Waals surface area contributed by atoms with Crippen LogP contribution >= 0.6 is 0 Å². The third-order valence-electron chi connectivity index (χ3n) is 4.14. The number of amides is 1. The number of primary sulfonamides is 1. The highest BCUT2D eigenvalue weighted by molar-refractivity contribution is 7.89. The van der Waals surface area contributed by atoms with Gasteiger partial charge < -0.3 is 10.6 Å². The zero-order valence-corrected chi connectivity index (χ0v) is 16.7. The molecule has 0 saturated carbocycles. The second-order valence-corrected chi connectivity index (χ2v) is 7.88. The van der Waals surface area contributed by atoms with Crippen molar-refractivity contribution in [1.82, 2.24) is 9.78 Å². The van der Waals surface area contributed by atoms with E-state index in [0.717, 1.165) is 18.2 Å². The van der Waals surface area contributed by atoms with Gasteiger partial charge in [-0.05, 0) is 36.4 Å². The molecule has 0 saturated heterocycles. The van der Waals surface area contributed by atoms with E-state index in [1.165, 1.54) is 29.1 Å². The first-order valence-corrected chi connectivity index (χ1v) is 10.3. The van der Waals surface area contributed by atoms with Crippen molar-refractivity contribution in [3.63, 3.8) is 0 Å². The number of nitrogens with two attached hydrogens (primary N) is 1. The number of halogens is 1. The largest absolute Gasteiger partial charge is 0.379 e. The number of carbonyl (C=O) groups is 1. The van der Waals surface area contributed by atoms with Crippen LogP contribution in [0, 0.1) is 15.9 Å². The van der Waals surface area contributed by atoms with Gasteiger partial charge in [0.2, 0.25) is 15.9 Å². The highest BCUT2D eigenvalue weighted by Crippen LogP contribution is 2.27. The summed E-state index contributed by atoms with van der Waals surface area (Å²) in [6.07, 6.45) is 3.00. The van der Waals surface area contributed by atoms with Crippen molar-refractivity contribution in [1.29, 1.82) is 0 Å². The number of nitro groups is 1. The van der Waals surface area contributed by atoms with Crippen molar-refractivity contribution in [2.45, 2.75) is 11.3 Å². The second-order valence-electron chi connectivity index (χ2n) is 6.32. The molecule has 0 spiro atoms. The van der Waals surface area contributed by atoms with Gasteiger partial charge in [0.25, 0.3) is 5.69 Å². The molecule has 0 aliphatic carbocycles. The van der Waals surface area contributed by atoms with Gasteiger partial charge in [-0.3, -0.25) is 14.9 Å². The molecule has 1 amide bonds. The van der Waals surface area contributed by atoms with Gasteiger partial charge >= 0.3 is 0 Å². The van der Waals surface area contributed by atoms with E-state index in [-0.39, 0.29) is 30.0 Å². The fourth-order valence-corrected chi connectivity index (χ4v) is 3.24. The van der Waals surface area contributed by atoms with E-state index < -0.39 is 37.3 Å². The number of carbonyl (C=O) groups excluding carboxylic acids is 1. The maximum absolute atomic E-state index is 14.2. The molecule has 0 aliphatic heterocycles. The molecule has 3 rings (SSSR count). The number of hydrogen-bond donors (Lipinski definition) is 3. The third kappa shape index (κ3) is 5.40. The van der Waals surface area contributed by atoms with E-state index in [9.17, 15) is 27.7 Å². The van der Waals surface area contributed by atoms with Crippen LogP contribution in [-0.4, -0.2) is 35.6 Å². The van der Waals surface area contributed by atoms with Gasteiger partial charge in [0.05, 0.1) is 9.82 Å². The van der Waals surface area contributed by atoms with E-state index in [2.05, 4.69) is 15.7 Å². The van der Waals surface area contributed by atoms with Crippen molar-refractivity contribution >= 4 is 33.0 Å². The molecule has 0 bridgehead atoms. The number of aromatic nitrogens is 2. The van der Waals surface area contributed by atoms with E-state index in [1.807, 2.05) is 0 Å². The summed E-state index contributed by atoms with van der Waals surface area (Å²) in [6.45, 7) is 0.00917. The van der Waals surface area contributed by atoms with Crippen molar-refractivity contribution in [3.05, 3.63) is 70.8 Å². The van der Waals surface area contributed by atoms with Gasteiger partial charge in [-0.2, -0.15) is 5.10 Å². The van der Waals surface area contributed by atoms with Gasteiger partial charge in [0.15, 0.2) is 5.82 Å². The number of anilines is 2. The van der Waals surface area contributed by atoms with Crippen molar-refractivity contribution in [2.75, 3.05) is 17.2 Å². The molecule has 0 aliphatic rings. The van der Waals surface area contributed by atoms with Crippen LogP contribution in [0.1, 0.15) is 6.42 Å². The minimum absolute atomic E-state index is 0.00917. The molecular formula is C18H17FN6O5S. The SMILES string of the molecule is NS(=O)(=O)c1ccc(NCCC(=O)Nc2ccc(-n3cccn3)c(F)c2)c([N+](=O)[O-])c1. The molecule has 13 heteroatoms. The third-order valence-corrected chi connectivity index (χ3v) is 5.06. The molecule has 162 valence electrons. The molecule has 1 aromatic heterocycles.